The molecular weight excluding hydrogens is 288 g/mol. The molecule has 21 heavy (non-hydrogen) atoms. The Labute approximate surface area is 127 Å². The molecule has 1 saturated carbocycles. The Balaban J connectivity index is 1.97. The van der Waals surface area contributed by atoms with Crippen molar-refractivity contribution in [1.82, 2.24) is 14.6 Å². The summed E-state index contributed by atoms with van der Waals surface area (Å²) in [7, 11) is -3.57. The third-order valence-corrected chi connectivity index (χ3v) is 4.97. The summed E-state index contributed by atoms with van der Waals surface area (Å²) in [6.07, 6.45) is 3.95. The molecule has 0 atom stereocenters. The number of nitrogens with zero attached hydrogens (tertiary/aromatic N) is 2. The second-order valence-electron chi connectivity index (χ2n) is 5.14. The number of likely N-dealkylation sites (N-methyl/N-ethyl adjacent to an activating group) is 1. The van der Waals surface area contributed by atoms with Crippen LogP contribution in [0.2, 0.25) is 0 Å². The van der Waals surface area contributed by atoms with Crippen LogP contribution < -0.4 is 10.0 Å². The minimum absolute atomic E-state index is 0.0707. The van der Waals surface area contributed by atoms with Gasteiger partial charge in [-0.1, -0.05) is 6.92 Å². The van der Waals surface area contributed by atoms with E-state index in [9.17, 15) is 8.42 Å². The molecule has 1 heterocycles. The number of hydrogen-bond acceptors (Lipinski definition) is 5. The molecule has 0 amide bonds. The van der Waals surface area contributed by atoms with Gasteiger partial charge >= 0.3 is 0 Å². The first-order chi connectivity index (χ1) is 10.1. The first-order valence-electron chi connectivity index (χ1n) is 7.51. The zero-order valence-electron chi connectivity index (χ0n) is 12.7. The van der Waals surface area contributed by atoms with Gasteiger partial charge in [-0.3, -0.25) is 4.90 Å². The van der Waals surface area contributed by atoms with Crippen molar-refractivity contribution in [2.45, 2.75) is 37.8 Å². The van der Waals surface area contributed by atoms with Crippen molar-refractivity contribution in [2.75, 3.05) is 31.5 Å². The van der Waals surface area contributed by atoms with Gasteiger partial charge < -0.3 is 5.32 Å². The van der Waals surface area contributed by atoms with Gasteiger partial charge in [0, 0.05) is 31.9 Å². The highest BCUT2D eigenvalue weighted by Gasteiger charge is 2.28. The highest BCUT2D eigenvalue weighted by Crippen LogP contribution is 2.26. The third-order valence-electron chi connectivity index (χ3n) is 3.55. The van der Waals surface area contributed by atoms with Crippen molar-refractivity contribution in [3.05, 3.63) is 18.3 Å². The Morgan fingerprint density at radius 2 is 2.14 bits per heavy atom. The Bertz CT molecular complexity index is 558. The summed E-state index contributed by atoms with van der Waals surface area (Å²) in [6, 6.07) is 4.10. The molecule has 6 nitrogen and oxygen atoms in total. The Morgan fingerprint density at radius 3 is 2.76 bits per heavy atom. The quantitative estimate of drug-likeness (QED) is 0.718. The van der Waals surface area contributed by atoms with E-state index in [0.717, 1.165) is 13.1 Å². The van der Waals surface area contributed by atoms with Crippen LogP contribution in [0.3, 0.4) is 0 Å². The molecule has 0 unspecified atom stereocenters. The monoisotopic (exact) mass is 312 g/mol. The van der Waals surface area contributed by atoms with Crippen LogP contribution in [0.25, 0.3) is 0 Å². The fraction of sp³-hybridized carbons (Fsp3) is 0.643. The van der Waals surface area contributed by atoms with Crippen molar-refractivity contribution >= 4 is 15.7 Å². The molecule has 1 fully saturated rings. The van der Waals surface area contributed by atoms with Crippen molar-refractivity contribution in [1.29, 1.82) is 0 Å². The SMILES string of the molecule is CCNc1cccnc1S(=O)(=O)NCCN(CC)C1CC1. The summed E-state index contributed by atoms with van der Waals surface area (Å²) in [6.45, 7) is 6.79. The highest BCUT2D eigenvalue weighted by molar-refractivity contribution is 7.89. The van der Waals surface area contributed by atoms with Crippen LogP contribution in [0.4, 0.5) is 5.69 Å². The van der Waals surface area contributed by atoms with E-state index in [0.29, 0.717) is 24.8 Å². The summed E-state index contributed by atoms with van der Waals surface area (Å²) in [5, 5.41) is 3.10. The van der Waals surface area contributed by atoms with E-state index >= 15 is 0 Å². The van der Waals surface area contributed by atoms with Crippen LogP contribution in [0, 0.1) is 0 Å². The second-order valence-corrected chi connectivity index (χ2v) is 6.83. The minimum atomic E-state index is -3.57. The van der Waals surface area contributed by atoms with Gasteiger partial charge in [0.15, 0.2) is 5.03 Å². The fourth-order valence-electron chi connectivity index (χ4n) is 2.36. The van der Waals surface area contributed by atoms with E-state index in [1.165, 1.54) is 19.0 Å². The lowest BCUT2D eigenvalue weighted by Crippen LogP contribution is -2.36. The fourth-order valence-corrected chi connectivity index (χ4v) is 3.49. The molecule has 118 valence electrons. The lowest BCUT2D eigenvalue weighted by molar-refractivity contribution is 0.282. The van der Waals surface area contributed by atoms with Gasteiger partial charge in [0.05, 0.1) is 5.69 Å². The largest absolute Gasteiger partial charge is 0.383 e. The average molecular weight is 312 g/mol. The molecule has 0 aromatic carbocycles. The summed E-state index contributed by atoms with van der Waals surface area (Å²) in [5.41, 5.74) is 0.544. The Hall–Kier alpha value is -1.18. The average Bonchev–Trinajstić information content (AvgIpc) is 3.29. The first-order valence-corrected chi connectivity index (χ1v) is 8.99. The molecule has 2 N–H and O–H groups in total. The maximum Gasteiger partial charge on any atom is 0.260 e. The Morgan fingerprint density at radius 1 is 1.38 bits per heavy atom. The maximum atomic E-state index is 12.4. The smallest absolute Gasteiger partial charge is 0.260 e. The van der Waals surface area contributed by atoms with Gasteiger partial charge in [0.25, 0.3) is 10.0 Å². The van der Waals surface area contributed by atoms with E-state index in [1.54, 1.807) is 12.1 Å². The van der Waals surface area contributed by atoms with Gasteiger partial charge in [-0.2, -0.15) is 0 Å². The number of aromatic nitrogens is 1. The van der Waals surface area contributed by atoms with Crippen LogP contribution in [-0.4, -0.2) is 50.5 Å². The van der Waals surface area contributed by atoms with Crippen molar-refractivity contribution in [3.8, 4) is 0 Å². The van der Waals surface area contributed by atoms with Crippen LogP contribution in [0.1, 0.15) is 26.7 Å². The second kappa shape index (κ2) is 7.20. The van der Waals surface area contributed by atoms with Crippen LogP contribution in [0.15, 0.2) is 23.4 Å². The van der Waals surface area contributed by atoms with Gasteiger partial charge in [0.2, 0.25) is 0 Å². The van der Waals surface area contributed by atoms with Crippen molar-refractivity contribution in [3.63, 3.8) is 0 Å². The predicted molar refractivity (Wildman–Crippen MR) is 83.9 cm³/mol. The van der Waals surface area contributed by atoms with Crippen molar-refractivity contribution < 1.29 is 8.42 Å². The summed E-state index contributed by atoms with van der Waals surface area (Å²) in [4.78, 5) is 6.32. The van der Waals surface area contributed by atoms with Gasteiger partial charge in [-0.15, -0.1) is 0 Å². The molecule has 1 aromatic rings. The van der Waals surface area contributed by atoms with E-state index in [2.05, 4.69) is 26.8 Å². The topological polar surface area (TPSA) is 74.3 Å². The number of sulfonamides is 1. The van der Waals surface area contributed by atoms with Crippen LogP contribution in [-0.2, 0) is 10.0 Å². The van der Waals surface area contributed by atoms with Crippen LogP contribution >= 0.6 is 0 Å². The number of anilines is 1. The normalized spacial score (nSPS) is 15.4. The molecule has 0 bridgehead atoms. The standard InChI is InChI=1S/C14H24N4O2S/c1-3-15-13-6-5-9-16-14(13)21(19,20)17-10-11-18(4-2)12-7-8-12/h5-6,9,12,15,17H,3-4,7-8,10-11H2,1-2H3. The molecule has 2 rings (SSSR count). The molecule has 0 aliphatic heterocycles. The van der Waals surface area contributed by atoms with E-state index in [-0.39, 0.29) is 5.03 Å². The molecule has 1 aliphatic carbocycles. The summed E-state index contributed by atoms with van der Waals surface area (Å²) < 4.78 is 27.4. The Kier molecular flexibility index (Phi) is 5.55. The van der Waals surface area contributed by atoms with Crippen molar-refractivity contribution in [2.24, 2.45) is 0 Å². The molecule has 1 aromatic heterocycles. The van der Waals surface area contributed by atoms with Gasteiger partial charge in [0.1, 0.15) is 0 Å². The lowest BCUT2D eigenvalue weighted by atomic mass is 10.4. The number of rotatable bonds is 9. The first kappa shape index (κ1) is 16.2. The molecule has 1 aliphatic rings. The lowest BCUT2D eigenvalue weighted by Gasteiger charge is -2.20. The zero-order chi connectivity index (χ0) is 15.3. The van der Waals surface area contributed by atoms with E-state index in [4.69, 9.17) is 0 Å². The molecule has 0 radical (unpaired) electrons. The molecular formula is C14H24N4O2S. The molecule has 7 heteroatoms. The molecule has 0 saturated heterocycles. The van der Waals surface area contributed by atoms with E-state index < -0.39 is 10.0 Å². The van der Waals surface area contributed by atoms with E-state index in [1.807, 2.05) is 6.92 Å². The number of pyridine rings is 1. The summed E-state index contributed by atoms with van der Waals surface area (Å²) in [5.74, 6) is 0. The zero-order valence-corrected chi connectivity index (χ0v) is 13.5. The third kappa shape index (κ3) is 4.39. The highest BCUT2D eigenvalue weighted by atomic mass is 32.2. The number of nitrogens with one attached hydrogen (secondary N) is 2. The van der Waals surface area contributed by atoms with Gasteiger partial charge in [-0.05, 0) is 38.4 Å². The summed E-state index contributed by atoms with van der Waals surface area (Å²) >= 11 is 0. The van der Waals surface area contributed by atoms with Gasteiger partial charge in [-0.25, -0.2) is 18.1 Å². The number of hydrogen-bond donors (Lipinski definition) is 2. The minimum Gasteiger partial charge on any atom is -0.383 e. The molecule has 0 spiro atoms. The maximum absolute atomic E-state index is 12.4. The predicted octanol–water partition coefficient (Wildman–Crippen LogP) is 1.28. The van der Waals surface area contributed by atoms with Crippen LogP contribution in [0.5, 0.6) is 0 Å².